The van der Waals surface area contributed by atoms with Crippen molar-refractivity contribution in [2.24, 2.45) is 4.99 Å². The number of hydrogen-bond donors (Lipinski definition) is 0. The molecule has 0 aliphatic carbocycles. The first kappa shape index (κ1) is 11.9. The number of rotatable bonds is 4. The number of hydrogen-bond acceptors (Lipinski definition) is 2. The molecule has 0 saturated heterocycles. The maximum Gasteiger partial charge on any atom is 0.0658 e. The van der Waals surface area contributed by atoms with Crippen LogP contribution in [0.5, 0.6) is 0 Å². The third-order valence-electron chi connectivity index (χ3n) is 2.35. The summed E-state index contributed by atoms with van der Waals surface area (Å²) < 4.78 is 0. The van der Waals surface area contributed by atoms with Crippen LogP contribution in [0.1, 0.15) is 18.9 Å². The van der Waals surface area contributed by atoms with Crippen LogP contribution >= 0.6 is 0 Å². The first-order valence-corrected chi connectivity index (χ1v) is 5.34. The predicted molar refractivity (Wildman–Crippen MR) is 67.1 cm³/mol. The largest absolute Gasteiger partial charge is 0.309 e. The number of nitrogens with zero attached hydrogens (tertiary/aromatic N) is 2. The van der Waals surface area contributed by atoms with E-state index in [4.69, 9.17) is 0 Å². The van der Waals surface area contributed by atoms with E-state index in [2.05, 4.69) is 50.0 Å². The quantitative estimate of drug-likeness (QED) is 0.688. The Labute approximate surface area is 92.6 Å². The van der Waals surface area contributed by atoms with Crippen molar-refractivity contribution in [1.29, 1.82) is 0 Å². The lowest BCUT2D eigenvalue weighted by Crippen LogP contribution is -2.15. The molecule has 0 bridgehead atoms. The first-order valence-electron chi connectivity index (χ1n) is 5.34. The second-order valence-electron chi connectivity index (χ2n) is 4.19. The van der Waals surface area contributed by atoms with Gasteiger partial charge in [0.2, 0.25) is 0 Å². The summed E-state index contributed by atoms with van der Waals surface area (Å²) in [7, 11) is 4.17. The minimum Gasteiger partial charge on any atom is -0.309 e. The van der Waals surface area contributed by atoms with Crippen LogP contribution in [0, 0.1) is 6.92 Å². The molecule has 1 aromatic carbocycles. The molecule has 0 heterocycles. The van der Waals surface area contributed by atoms with Crippen molar-refractivity contribution in [3.05, 3.63) is 29.8 Å². The monoisotopic (exact) mass is 204 g/mol. The number of para-hydroxylation sites is 1. The summed E-state index contributed by atoms with van der Waals surface area (Å²) in [5.41, 5.74) is 3.52. The fraction of sp³-hybridized carbons (Fsp3) is 0.462. The molecule has 0 unspecified atom stereocenters. The van der Waals surface area contributed by atoms with Crippen LogP contribution in [0.15, 0.2) is 29.3 Å². The lowest BCUT2D eigenvalue weighted by molar-refractivity contribution is 0.421. The molecular formula is C13H20N2. The van der Waals surface area contributed by atoms with Crippen molar-refractivity contribution >= 4 is 11.4 Å². The zero-order chi connectivity index (χ0) is 11.3. The summed E-state index contributed by atoms with van der Waals surface area (Å²) in [6, 6.07) is 8.24. The zero-order valence-corrected chi connectivity index (χ0v) is 10.1. The average molecular weight is 204 g/mol. The van der Waals surface area contributed by atoms with Gasteiger partial charge in [-0.25, -0.2) is 0 Å². The Hall–Kier alpha value is -1.15. The Bertz CT molecular complexity index is 340. The van der Waals surface area contributed by atoms with Crippen LogP contribution < -0.4 is 0 Å². The van der Waals surface area contributed by atoms with Gasteiger partial charge in [0.1, 0.15) is 0 Å². The number of aryl methyl sites for hydroxylation is 1. The molecule has 2 heteroatoms. The van der Waals surface area contributed by atoms with Crippen molar-refractivity contribution in [2.45, 2.75) is 20.3 Å². The van der Waals surface area contributed by atoms with Crippen molar-refractivity contribution < 1.29 is 0 Å². The van der Waals surface area contributed by atoms with Gasteiger partial charge in [-0.15, -0.1) is 0 Å². The first-order chi connectivity index (χ1) is 7.09. The van der Waals surface area contributed by atoms with Gasteiger partial charge in [-0.05, 0) is 46.0 Å². The highest BCUT2D eigenvalue weighted by Crippen LogP contribution is 2.17. The van der Waals surface area contributed by atoms with E-state index in [0.717, 1.165) is 18.7 Å². The molecule has 1 rings (SSSR count). The second-order valence-corrected chi connectivity index (χ2v) is 4.19. The van der Waals surface area contributed by atoms with Crippen molar-refractivity contribution in [3.63, 3.8) is 0 Å². The standard InChI is InChI=1S/C13H20N2/c1-11-7-5-6-8-13(11)14-12(2)9-10-15(3)4/h5-8H,9-10H2,1-4H3. The van der Waals surface area contributed by atoms with Crippen molar-refractivity contribution in [1.82, 2.24) is 4.90 Å². The molecule has 0 N–H and O–H groups in total. The van der Waals surface area contributed by atoms with Gasteiger partial charge in [-0.1, -0.05) is 18.2 Å². The predicted octanol–water partition coefficient (Wildman–Crippen LogP) is 3.04. The van der Waals surface area contributed by atoms with Crippen LogP contribution in [0.25, 0.3) is 0 Å². The van der Waals surface area contributed by atoms with Crippen LogP contribution in [-0.4, -0.2) is 31.3 Å². The minimum absolute atomic E-state index is 1.03. The molecular weight excluding hydrogens is 184 g/mol. The molecule has 0 amide bonds. The van der Waals surface area contributed by atoms with Crippen molar-refractivity contribution in [3.8, 4) is 0 Å². The van der Waals surface area contributed by atoms with Crippen molar-refractivity contribution in [2.75, 3.05) is 20.6 Å². The topological polar surface area (TPSA) is 15.6 Å². The summed E-state index contributed by atoms with van der Waals surface area (Å²) in [4.78, 5) is 6.80. The van der Waals surface area contributed by atoms with Gasteiger partial charge in [-0.3, -0.25) is 4.99 Å². The van der Waals surface area contributed by atoms with Gasteiger partial charge in [0.25, 0.3) is 0 Å². The molecule has 82 valence electrons. The van der Waals surface area contributed by atoms with Gasteiger partial charge in [0, 0.05) is 12.3 Å². The molecule has 0 fully saturated rings. The highest BCUT2D eigenvalue weighted by atomic mass is 15.0. The Balaban J connectivity index is 2.66. The van der Waals surface area contributed by atoms with Crippen LogP contribution in [0.4, 0.5) is 5.69 Å². The molecule has 0 saturated carbocycles. The van der Waals surface area contributed by atoms with Crippen LogP contribution in [0.2, 0.25) is 0 Å². The fourth-order valence-electron chi connectivity index (χ4n) is 1.34. The van der Waals surface area contributed by atoms with E-state index >= 15 is 0 Å². The van der Waals surface area contributed by atoms with Gasteiger partial charge in [0.15, 0.2) is 0 Å². The smallest absolute Gasteiger partial charge is 0.0658 e. The summed E-state index contributed by atoms with van der Waals surface area (Å²) in [5, 5.41) is 0. The SMILES string of the molecule is CC(CCN(C)C)=Nc1ccccc1C. The number of benzene rings is 1. The van der Waals surface area contributed by atoms with Crippen LogP contribution in [-0.2, 0) is 0 Å². The molecule has 2 nitrogen and oxygen atoms in total. The van der Waals surface area contributed by atoms with E-state index in [9.17, 15) is 0 Å². The molecule has 0 radical (unpaired) electrons. The van der Waals surface area contributed by atoms with Gasteiger partial charge < -0.3 is 4.90 Å². The van der Waals surface area contributed by atoms with E-state index < -0.39 is 0 Å². The van der Waals surface area contributed by atoms with Gasteiger partial charge in [-0.2, -0.15) is 0 Å². The Morgan fingerprint density at radius 3 is 2.53 bits per heavy atom. The molecule has 0 aromatic heterocycles. The molecule has 1 aromatic rings. The Morgan fingerprint density at radius 1 is 1.27 bits per heavy atom. The summed E-state index contributed by atoms with van der Waals surface area (Å²) in [6.07, 6.45) is 1.03. The third-order valence-corrected chi connectivity index (χ3v) is 2.35. The maximum absolute atomic E-state index is 4.62. The van der Waals surface area contributed by atoms with Gasteiger partial charge >= 0.3 is 0 Å². The highest BCUT2D eigenvalue weighted by molar-refractivity contribution is 5.85. The van der Waals surface area contributed by atoms with E-state index in [0.29, 0.717) is 0 Å². The lowest BCUT2D eigenvalue weighted by Gasteiger charge is -2.09. The fourth-order valence-corrected chi connectivity index (χ4v) is 1.34. The zero-order valence-electron chi connectivity index (χ0n) is 10.1. The number of aliphatic imine (C=N–C) groups is 1. The highest BCUT2D eigenvalue weighted by Gasteiger charge is 1.97. The summed E-state index contributed by atoms with van der Waals surface area (Å²) in [5.74, 6) is 0. The van der Waals surface area contributed by atoms with E-state index in [-0.39, 0.29) is 0 Å². The summed E-state index contributed by atoms with van der Waals surface area (Å²) >= 11 is 0. The molecule has 15 heavy (non-hydrogen) atoms. The molecule has 0 aliphatic heterocycles. The minimum atomic E-state index is 1.03. The average Bonchev–Trinajstić information content (AvgIpc) is 2.18. The van der Waals surface area contributed by atoms with E-state index in [1.165, 1.54) is 11.3 Å². The van der Waals surface area contributed by atoms with Gasteiger partial charge in [0.05, 0.1) is 5.69 Å². The third kappa shape index (κ3) is 4.26. The second kappa shape index (κ2) is 5.66. The molecule has 0 atom stereocenters. The van der Waals surface area contributed by atoms with E-state index in [1.807, 2.05) is 12.1 Å². The Kier molecular flexibility index (Phi) is 4.50. The molecule has 0 aliphatic rings. The Morgan fingerprint density at radius 2 is 1.93 bits per heavy atom. The maximum atomic E-state index is 4.62. The van der Waals surface area contributed by atoms with Crippen LogP contribution in [0.3, 0.4) is 0 Å². The van der Waals surface area contributed by atoms with E-state index in [1.54, 1.807) is 0 Å². The summed E-state index contributed by atoms with van der Waals surface area (Å²) in [6.45, 7) is 5.25. The molecule has 0 spiro atoms. The lowest BCUT2D eigenvalue weighted by atomic mass is 10.2. The normalized spacial score (nSPS) is 12.2.